The molecule has 0 unspecified atom stereocenters. The first-order valence-electron chi connectivity index (χ1n) is 4.24. The van der Waals surface area contributed by atoms with Gasteiger partial charge in [0.2, 0.25) is 0 Å². The number of hydrogen-bond donors (Lipinski definition) is 2. The molecule has 0 bridgehead atoms. The molecule has 1 rings (SSSR count). The van der Waals surface area contributed by atoms with Gasteiger partial charge in [-0.25, -0.2) is 4.79 Å². The van der Waals surface area contributed by atoms with Gasteiger partial charge in [0, 0.05) is 12.7 Å². The first-order chi connectivity index (χ1) is 6.83. The summed E-state index contributed by atoms with van der Waals surface area (Å²) >= 11 is 0. The van der Waals surface area contributed by atoms with Gasteiger partial charge in [-0.1, -0.05) is 6.07 Å². The van der Waals surface area contributed by atoms with Crippen LogP contribution in [0.4, 0.5) is 4.79 Å². The molecule has 1 heterocycles. The number of carbonyl (C=O) groups excluding carboxylic acids is 1. The molecule has 0 aliphatic heterocycles. The zero-order chi connectivity index (χ0) is 10.2. The van der Waals surface area contributed by atoms with Gasteiger partial charge in [-0.05, 0) is 12.1 Å². The second kappa shape index (κ2) is 5.93. The van der Waals surface area contributed by atoms with Crippen LogP contribution < -0.4 is 5.32 Å². The van der Waals surface area contributed by atoms with Crippen molar-refractivity contribution >= 4 is 6.09 Å². The molecule has 2 N–H and O–H groups in total. The van der Waals surface area contributed by atoms with E-state index in [9.17, 15) is 4.79 Å². The number of hydrogen-bond acceptors (Lipinski definition) is 4. The van der Waals surface area contributed by atoms with E-state index in [-0.39, 0.29) is 19.8 Å². The third kappa shape index (κ3) is 3.86. The molecule has 0 aliphatic rings. The molecule has 0 atom stereocenters. The minimum absolute atomic E-state index is 0.0985. The van der Waals surface area contributed by atoms with Crippen molar-refractivity contribution in [2.45, 2.75) is 6.61 Å². The number of alkyl carbamates (subject to hydrolysis) is 1. The normalized spacial score (nSPS) is 9.50. The summed E-state index contributed by atoms with van der Waals surface area (Å²) in [6.45, 7) is 0.234. The largest absolute Gasteiger partial charge is 0.443 e. The molecule has 5 heteroatoms. The van der Waals surface area contributed by atoms with Gasteiger partial charge in [0.25, 0.3) is 0 Å². The van der Waals surface area contributed by atoms with Crippen LogP contribution in [0.15, 0.2) is 24.4 Å². The maximum atomic E-state index is 10.9. The Bertz CT molecular complexity index is 277. The Labute approximate surface area is 81.7 Å². The average Bonchev–Trinajstić information content (AvgIpc) is 2.25. The second-order valence-electron chi connectivity index (χ2n) is 2.55. The van der Waals surface area contributed by atoms with Crippen molar-refractivity contribution in [3.05, 3.63) is 30.1 Å². The summed E-state index contributed by atoms with van der Waals surface area (Å²) in [5.41, 5.74) is 0.687. The molecule has 5 nitrogen and oxygen atoms in total. The standard InChI is InChI=1S/C9H12N2O3/c12-6-5-11-9(13)14-7-8-3-1-2-4-10-8/h1-4,12H,5-7H2,(H,11,13). The van der Waals surface area contributed by atoms with Gasteiger partial charge in [0.05, 0.1) is 12.3 Å². The van der Waals surface area contributed by atoms with Crippen molar-refractivity contribution < 1.29 is 14.6 Å². The highest BCUT2D eigenvalue weighted by molar-refractivity contribution is 5.66. The zero-order valence-corrected chi connectivity index (χ0v) is 7.64. The van der Waals surface area contributed by atoms with Gasteiger partial charge in [-0.2, -0.15) is 0 Å². The lowest BCUT2D eigenvalue weighted by Crippen LogP contribution is -2.27. The average molecular weight is 196 g/mol. The van der Waals surface area contributed by atoms with E-state index in [1.165, 1.54) is 0 Å². The van der Waals surface area contributed by atoms with E-state index in [1.54, 1.807) is 18.3 Å². The number of carbonyl (C=O) groups is 1. The number of pyridine rings is 1. The van der Waals surface area contributed by atoms with E-state index in [0.717, 1.165) is 0 Å². The number of aromatic nitrogens is 1. The molecule has 1 aromatic rings. The predicted octanol–water partition coefficient (Wildman–Crippen LogP) is 0.300. The fourth-order valence-corrected chi connectivity index (χ4v) is 0.832. The number of nitrogens with one attached hydrogen (secondary N) is 1. The Kier molecular flexibility index (Phi) is 4.43. The quantitative estimate of drug-likeness (QED) is 0.726. The van der Waals surface area contributed by atoms with Crippen LogP contribution in [-0.2, 0) is 11.3 Å². The molecule has 1 amide bonds. The van der Waals surface area contributed by atoms with Crippen LogP contribution in [0.25, 0.3) is 0 Å². The van der Waals surface area contributed by atoms with E-state index in [2.05, 4.69) is 10.3 Å². The Morgan fingerprint density at radius 3 is 3.07 bits per heavy atom. The van der Waals surface area contributed by atoms with Crippen LogP contribution in [0.3, 0.4) is 0 Å². The summed E-state index contributed by atoms with van der Waals surface area (Å²) in [7, 11) is 0. The molecule has 0 fully saturated rings. The number of ether oxygens (including phenoxy) is 1. The van der Waals surface area contributed by atoms with Gasteiger partial charge >= 0.3 is 6.09 Å². The molecule has 0 spiro atoms. The Hall–Kier alpha value is -1.62. The lowest BCUT2D eigenvalue weighted by molar-refractivity contribution is 0.135. The minimum Gasteiger partial charge on any atom is -0.443 e. The van der Waals surface area contributed by atoms with Gasteiger partial charge in [0.15, 0.2) is 0 Å². The zero-order valence-electron chi connectivity index (χ0n) is 7.64. The SMILES string of the molecule is O=C(NCCO)OCc1ccccn1. The molecule has 76 valence electrons. The summed E-state index contributed by atoms with van der Waals surface area (Å²) in [5, 5.41) is 10.8. The molecular weight excluding hydrogens is 184 g/mol. The smallest absolute Gasteiger partial charge is 0.407 e. The van der Waals surface area contributed by atoms with Crippen LogP contribution in [0.1, 0.15) is 5.69 Å². The van der Waals surface area contributed by atoms with Crippen molar-refractivity contribution in [3.8, 4) is 0 Å². The van der Waals surface area contributed by atoms with Crippen LogP contribution in [-0.4, -0.2) is 29.3 Å². The molecule has 0 aliphatic carbocycles. The molecule has 1 aromatic heterocycles. The van der Waals surface area contributed by atoms with Gasteiger partial charge in [-0.3, -0.25) is 4.98 Å². The van der Waals surface area contributed by atoms with Crippen LogP contribution in [0, 0.1) is 0 Å². The summed E-state index contributed by atoms with van der Waals surface area (Å²) in [6.07, 6.45) is 1.08. The second-order valence-corrected chi connectivity index (χ2v) is 2.55. The van der Waals surface area contributed by atoms with Crippen LogP contribution in [0.2, 0.25) is 0 Å². The van der Waals surface area contributed by atoms with Gasteiger partial charge < -0.3 is 15.2 Å². The Morgan fingerprint density at radius 1 is 1.57 bits per heavy atom. The van der Waals surface area contributed by atoms with Crippen molar-refractivity contribution in [1.29, 1.82) is 0 Å². The van der Waals surface area contributed by atoms with Crippen LogP contribution in [0.5, 0.6) is 0 Å². The Balaban J connectivity index is 2.24. The highest BCUT2D eigenvalue weighted by atomic mass is 16.5. The first-order valence-corrected chi connectivity index (χ1v) is 4.24. The van der Waals surface area contributed by atoms with E-state index >= 15 is 0 Å². The highest BCUT2D eigenvalue weighted by Gasteiger charge is 2.00. The van der Waals surface area contributed by atoms with E-state index in [4.69, 9.17) is 9.84 Å². The number of nitrogens with zero attached hydrogens (tertiary/aromatic N) is 1. The predicted molar refractivity (Wildman–Crippen MR) is 49.5 cm³/mol. The maximum Gasteiger partial charge on any atom is 0.407 e. The number of aliphatic hydroxyl groups is 1. The van der Waals surface area contributed by atoms with E-state index < -0.39 is 6.09 Å². The van der Waals surface area contributed by atoms with Crippen molar-refractivity contribution in [2.75, 3.05) is 13.2 Å². The topological polar surface area (TPSA) is 71.5 Å². The summed E-state index contributed by atoms with van der Waals surface area (Å²) < 4.78 is 4.81. The summed E-state index contributed by atoms with van der Waals surface area (Å²) in [4.78, 5) is 14.9. The summed E-state index contributed by atoms with van der Waals surface area (Å²) in [6, 6.07) is 5.37. The molecule has 0 radical (unpaired) electrons. The number of rotatable bonds is 4. The molecular formula is C9H12N2O3. The van der Waals surface area contributed by atoms with Gasteiger partial charge in [0.1, 0.15) is 6.61 Å². The first kappa shape index (κ1) is 10.5. The third-order valence-corrected chi connectivity index (χ3v) is 1.46. The van der Waals surface area contributed by atoms with E-state index in [1.807, 2.05) is 6.07 Å². The number of aliphatic hydroxyl groups excluding tert-OH is 1. The third-order valence-electron chi connectivity index (χ3n) is 1.46. The van der Waals surface area contributed by atoms with Crippen molar-refractivity contribution in [1.82, 2.24) is 10.3 Å². The molecule has 14 heavy (non-hydrogen) atoms. The van der Waals surface area contributed by atoms with Crippen molar-refractivity contribution in [3.63, 3.8) is 0 Å². The summed E-state index contributed by atoms with van der Waals surface area (Å²) in [5.74, 6) is 0. The Morgan fingerprint density at radius 2 is 2.43 bits per heavy atom. The van der Waals surface area contributed by atoms with Crippen molar-refractivity contribution in [2.24, 2.45) is 0 Å². The number of amides is 1. The lowest BCUT2D eigenvalue weighted by Gasteiger charge is -2.04. The lowest BCUT2D eigenvalue weighted by atomic mass is 10.4. The highest BCUT2D eigenvalue weighted by Crippen LogP contribution is 1.95. The molecule has 0 saturated heterocycles. The minimum atomic E-state index is -0.551. The van der Waals surface area contributed by atoms with E-state index in [0.29, 0.717) is 5.69 Å². The molecule has 0 aromatic carbocycles. The fraction of sp³-hybridized carbons (Fsp3) is 0.333. The monoisotopic (exact) mass is 196 g/mol. The fourth-order valence-electron chi connectivity index (χ4n) is 0.832. The molecule has 0 saturated carbocycles. The van der Waals surface area contributed by atoms with Crippen LogP contribution >= 0.6 is 0 Å². The maximum absolute atomic E-state index is 10.9. The van der Waals surface area contributed by atoms with Gasteiger partial charge in [-0.15, -0.1) is 0 Å².